The molecule has 1 aromatic carbocycles. The highest BCUT2D eigenvalue weighted by Crippen LogP contribution is 2.46. The van der Waals surface area contributed by atoms with Crippen molar-refractivity contribution < 1.29 is 0 Å². The molecule has 0 aliphatic heterocycles. The normalized spacial score (nSPS) is 19.8. The molecule has 1 heteroatoms. The smallest absolute Gasteiger partial charge is 0.0103 e. The third-order valence-corrected chi connectivity index (χ3v) is 4.80. The number of nitrogens with one attached hydrogen (secondary N) is 1. The van der Waals surface area contributed by atoms with Crippen molar-refractivity contribution in [1.29, 1.82) is 0 Å². The Morgan fingerprint density at radius 3 is 2.16 bits per heavy atom. The van der Waals surface area contributed by atoms with Crippen LogP contribution in [0.25, 0.3) is 0 Å². The van der Waals surface area contributed by atoms with Crippen molar-refractivity contribution in [2.24, 2.45) is 5.92 Å². The first kappa shape index (κ1) is 14.6. The topological polar surface area (TPSA) is 12.0 Å². The molecule has 1 aliphatic rings. The van der Waals surface area contributed by atoms with E-state index in [0.717, 1.165) is 12.5 Å². The predicted molar refractivity (Wildman–Crippen MR) is 83.5 cm³/mol. The van der Waals surface area contributed by atoms with Crippen LogP contribution in [-0.2, 0) is 5.41 Å². The minimum Gasteiger partial charge on any atom is -0.311 e. The van der Waals surface area contributed by atoms with Crippen molar-refractivity contribution in [3.8, 4) is 0 Å². The van der Waals surface area contributed by atoms with Gasteiger partial charge in [-0.1, -0.05) is 43.7 Å². The highest BCUT2D eigenvalue weighted by Gasteiger charge is 2.41. The molecule has 0 bridgehead atoms. The van der Waals surface area contributed by atoms with Crippen LogP contribution in [0.5, 0.6) is 0 Å². The molecule has 1 aliphatic carbocycles. The van der Waals surface area contributed by atoms with Gasteiger partial charge in [-0.2, -0.15) is 0 Å². The van der Waals surface area contributed by atoms with Gasteiger partial charge < -0.3 is 5.32 Å². The molecule has 0 aromatic heterocycles. The lowest BCUT2D eigenvalue weighted by Crippen LogP contribution is -2.51. The monoisotopic (exact) mass is 259 g/mol. The highest BCUT2D eigenvalue weighted by molar-refractivity contribution is 5.28. The largest absolute Gasteiger partial charge is 0.311 e. The summed E-state index contributed by atoms with van der Waals surface area (Å²) < 4.78 is 0. The van der Waals surface area contributed by atoms with Crippen LogP contribution < -0.4 is 5.32 Å². The van der Waals surface area contributed by atoms with Gasteiger partial charge in [-0.05, 0) is 51.5 Å². The zero-order chi connectivity index (χ0) is 13.9. The second-order valence-corrected chi connectivity index (χ2v) is 7.11. The van der Waals surface area contributed by atoms with Crippen LogP contribution >= 0.6 is 0 Å². The molecule has 1 fully saturated rings. The van der Waals surface area contributed by atoms with Gasteiger partial charge in [0.2, 0.25) is 0 Å². The Kier molecular flexibility index (Phi) is 4.35. The molecule has 1 unspecified atom stereocenters. The van der Waals surface area contributed by atoms with Crippen molar-refractivity contribution in [1.82, 2.24) is 5.32 Å². The molecule has 19 heavy (non-hydrogen) atoms. The summed E-state index contributed by atoms with van der Waals surface area (Å²) in [6.45, 7) is 10.2. The summed E-state index contributed by atoms with van der Waals surface area (Å²) >= 11 is 0. The van der Waals surface area contributed by atoms with Crippen LogP contribution in [0.3, 0.4) is 0 Å². The second kappa shape index (κ2) is 5.66. The molecule has 1 nitrogen and oxygen atoms in total. The maximum Gasteiger partial charge on any atom is 0.0103 e. The van der Waals surface area contributed by atoms with Crippen LogP contribution in [0.1, 0.15) is 58.9 Å². The molecule has 0 radical (unpaired) electrons. The molecular weight excluding hydrogens is 230 g/mol. The zero-order valence-corrected chi connectivity index (χ0v) is 13.0. The zero-order valence-electron chi connectivity index (χ0n) is 13.0. The van der Waals surface area contributed by atoms with Gasteiger partial charge in [0.25, 0.3) is 0 Å². The van der Waals surface area contributed by atoms with Gasteiger partial charge in [-0.15, -0.1) is 0 Å². The van der Waals surface area contributed by atoms with Crippen LogP contribution in [0.2, 0.25) is 0 Å². The highest BCUT2D eigenvalue weighted by atomic mass is 15.0. The van der Waals surface area contributed by atoms with E-state index in [0.29, 0.717) is 5.41 Å². The Morgan fingerprint density at radius 1 is 1.11 bits per heavy atom. The average Bonchev–Trinajstić information content (AvgIpc) is 2.32. The molecule has 1 atom stereocenters. The molecular formula is C18H29N. The van der Waals surface area contributed by atoms with Crippen molar-refractivity contribution >= 4 is 0 Å². The molecule has 1 aromatic rings. The maximum atomic E-state index is 3.76. The molecule has 1 saturated carbocycles. The Labute approximate surface area is 118 Å². The fourth-order valence-electron chi connectivity index (χ4n) is 3.25. The number of hydrogen-bond acceptors (Lipinski definition) is 1. The van der Waals surface area contributed by atoms with Crippen molar-refractivity contribution in [3.05, 3.63) is 35.9 Å². The van der Waals surface area contributed by atoms with Crippen molar-refractivity contribution in [2.45, 2.75) is 64.3 Å². The quantitative estimate of drug-likeness (QED) is 0.819. The first-order chi connectivity index (χ1) is 8.98. The Morgan fingerprint density at radius 2 is 1.74 bits per heavy atom. The Balaban J connectivity index is 2.26. The number of hydrogen-bond donors (Lipinski definition) is 1. The van der Waals surface area contributed by atoms with Crippen LogP contribution in [-0.4, -0.2) is 12.1 Å². The third-order valence-electron chi connectivity index (χ3n) is 4.80. The van der Waals surface area contributed by atoms with E-state index in [9.17, 15) is 0 Å². The summed E-state index contributed by atoms with van der Waals surface area (Å²) in [4.78, 5) is 0. The van der Waals surface area contributed by atoms with E-state index in [-0.39, 0.29) is 5.54 Å². The fraction of sp³-hybridized carbons (Fsp3) is 0.667. The Bertz CT molecular complexity index is 386. The third kappa shape index (κ3) is 3.20. The lowest BCUT2D eigenvalue weighted by atomic mass is 9.60. The van der Waals surface area contributed by atoms with Gasteiger partial charge in [0.1, 0.15) is 0 Å². The summed E-state index contributed by atoms with van der Waals surface area (Å²) in [6.07, 6.45) is 5.43. The standard InChI is InChI=1S/C18H29N/c1-5-18(16-12-9-13-16,14-19-17(2,3)4)15-10-7-6-8-11-15/h6-8,10-11,16,19H,5,9,12-14H2,1-4H3. The van der Waals surface area contributed by atoms with Crippen molar-refractivity contribution in [2.75, 3.05) is 6.54 Å². The molecule has 0 spiro atoms. The molecule has 0 heterocycles. The number of benzene rings is 1. The van der Waals surface area contributed by atoms with Gasteiger partial charge in [-0.25, -0.2) is 0 Å². The van der Waals surface area contributed by atoms with Crippen LogP contribution in [0.15, 0.2) is 30.3 Å². The fourth-order valence-corrected chi connectivity index (χ4v) is 3.25. The molecule has 0 saturated heterocycles. The lowest BCUT2D eigenvalue weighted by molar-refractivity contribution is 0.143. The van der Waals surface area contributed by atoms with E-state index >= 15 is 0 Å². The van der Waals surface area contributed by atoms with E-state index in [1.165, 1.54) is 31.2 Å². The minimum atomic E-state index is 0.193. The molecule has 1 N–H and O–H groups in total. The summed E-state index contributed by atoms with van der Waals surface area (Å²) in [5, 5.41) is 3.76. The minimum absolute atomic E-state index is 0.193. The van der Waals surface area contributed by atoms with E-state index in [1.807, 2.05) is 0 Å². The molecule has 0 amide bonds. The van der Waals surface area contributed by atoms with Gasteiger partial charge >= 0.3 is 0 Å². The van der Waals surface area contributed by atoms with Gasteiger partial charge in [0.05, 0.1) is 0 Å². The average molecular weight is 259 g/mol. The van der Waals surface area contributed by atoms with E-state index in [2.05, 4.69) is 63.3 Å². The van der Waals surface area contributed by atoms with E-state index in [4.69, 9.17) is 0 Å². The Hall–Kier alpha value is -0.820. The predicted octanol–water partition coefficient (Wildman–Crippen LogP) is 4.52. The summed E-state index contributed by atoms with van der Waals surface area (Å²) in [6, 6.07) is 11.2. The summed E-state index contributed by atoms with van der Waals surface area (Å²) in [7, 11) is 0. The maximum absolute atomic E-state index is 3.76. The van der Waals surface area contributed by atoms with Gasteiger partial charge in [0.15, 0.2) is 0 Å². The van der Waals surface area contributed by atoms with Crippen LogP contribution in [0.4, 0.5) is 0 Å². The first-order valence-corrected chi connectivity index (χ1v) is 7.78. The molecule has 2 rings (SSSR count). The SMILES string of the molecule is CCC(CNC(C)(C)C)(c1ccccc1)C1CCC1. The van der Waals surface area contributed by atoms with Crippen molar-refractivity contribution in [3.63, 3.8) is 0 Å². The molecule has 106 valence electrons. The number of rotatable bonds is 5. The van der Waals surface area contributed by atoms with Gasteiger partial charge in [-0.3, -0.25) is 0 Å². The van der Waals surface area contributed by atoms with E-state index < -0.39 is 0 Å². The van der Waals surface area contributed by atoms with E-state index in [1.54, 1.807) is 0 Å². The summed E-state index contributed by atoms with van der Waals surface area (Å²) in [5.74, 6) is 0.856. The first-order valence-electron chi connectivity index (χ1n) is 7.78. The second-order valence-electron chi connectivity index (χ2n) is 7.11. The summed E-state index contributed by atoms with van der Waals surface area (Å²) in [5.41, 5.74) is 2.05. The van der Waals surface area contributed by atoms with Gasteiger partial charge in [0, 0.05) is 17.5 Å². The lowest BCUT2D eigenvalue weighted by Gasteiger charge is -2.47. The van der Waals surface area contributed by atoms with Crippen LogP contribution in [0, 0.1) is 5.92 Å².